The molecule has 4 rings (SSSR count). The summed E-state index contributed by atoms with van der Waals surface area (Å²) in [7, 11) is 0. The van der Waals surface area contributed by atoms with Crippen LogP contribution in [0.15, 0.2) is 48.5 Å². The van der Waals surface area contributed by atoms with Crippen molar-refractivity contribution in [1.29, 1.82) is 0 Å². The monoisotopic (exact) mass is 486 g/mol. The number of carbonyl (C=O) groups excluding carboxylic acids is 4. The summed E-state index contributed by atoms with van der Waals surface area (Å²) >= 11 is 12.3. The number of hydrazine groups is 1. The van der Waals surface area contributed by atoms with E-state index in [-0.39, 0.29) is 22.8 Å². The fourth-order valence-electron chi connectivity index (χ4n) is 4.78. The number of Topliss-reactive ketones (excluding diaryl/α,β-unsaturated/α-hetero) is 1. The molecule has 2 aromatic carbocycles. The van der Waals surface area contributed by atoms with E-state index in [0.29, 0.717) is 23.4 Å². The SMILES string of the molecule is CC[C@H](C(=O)c1ccccc1)N(C(=O)c1ccc(Cl)cc1Cl)N1C(=O)[C@@H]2CCCC[C@H]2C1=O. The van der Waals surface area contributed by atoms with Crippen molar-refractivity contribution in [2.24, 2.45) is 11.8 Å². The Bertz CT molecular complexity index is 1080. The molecule has 1 saturated carbocycles. The summed E-state index contributed by atoms with van der Waals surface area (Å²) in [6.45, 7) is 1.74. The summed E-state index contributed by atoms with van der Waals surface area (Å²) in [5, 5.41) is 2.38. The maximum absolute atomic E-state index is 13.8. The van der Waals surface area contributed by atoms with Gasteiger partial charge in [-0.25, -0.2) is 5.01 Å². The fourth-order valence-corrected chi connectivity index (χ4v) is 5.27. The second kappa shape index (κ2) is 9.65. The average molecular weight is 487 g/mol. The van der Waals surface area contributed by atoms with Crippen LogP contribution < -0.4 is 0 Å². The third kappa shape index (κ3) is 4.30. The number of benzene rings is 2. The molecule has 172 valence electrons. The lowest BCUT2D eigenvalue weighted by atomic mass is 9.81. The summed E-state index contributed by atoms with van der Waals surface area (Å²) in [5.74, 6) is -2.83. The Hall–Kier alpha value is -2.70. The number of rotatable bonds is 6. The van der Waals surface area contributed by atoms with Gasteiger partial charge in [0.25, 0.3) is 17.7 Å². The molecule has 3 atom stereocenters. The van der Waals surface area contributed by atoms with Gasteiger partial charge in [-0.05, 0) is 37.5 Å². The smallest absolute Gasteiger partial charge is 0.275 e. The van der Waals surface area contributed by atoms with Gasteiger partial charge in [0, 0.05) is 10.6 Å². The van der Waals surface area contributed by atoms with Crippen molar-refractivity contribution in [1.82, 2.24) is 10.0 Å². The number of carbonyl (C=O) groups is 4. The fraction of sp³-hybridized carbons (Fsp3) is 0.360. The highest BCUT2D eigenvalue weighted by molar-refractivity contribution is 6.36. The Morgan fingerprint density at radius 1 is 1.00 bits per heavy atom. The second-order valence-electron chi connectivity index (χ2n) is 8.41. The lowest BCUT2D eigenvalue weighted by Crippen LogP contribution is -2.57. The van der Waals surface area contributed by atoms with Crippen LogP contribution in [0.1, 0.15) is 59.7 Å². The molecular formula is C25H24Cl2N2O4. The first-order valence-electron chi connectivity index (χ1n) is 11.1. The quantitative estimate of drug-likeness (QED) is 0.415. The molecule has 0 unspecified atom stereocenters. The molecule has 1 aliphatic heterocycles. The second-order valence-corrected chi connectivity index (χ2v) is 9.26. The Labute approximate surface area is 202 Å². The van der Waals surface area contributed by atoms with E-state index in [1.54, 1.807) is 37.3 Å². The first kappa shape index (κ1) is 23.5. The Morgan fingerprint density at radius 2 is 1.61 bits per heavy atom. The number of imide groups is 1. The third-order valence-electron chi connectivity index (χ3n) is 6.45. The van der Waals surface area contributed by atoms with Crippen molar-refractivity contribution < 1.29 is 19.2 Å². The van der Waals surface area contributed by atoms with Crippen LogP contribution in [0.2, 0.25) is 10.0 Å². The van der Waals surface area contributed by atoms with Crippen LogP contribution in [0.4, 0.5) is 0 Å². The van der Waals surface area contributed by atoms with Gasteiger partial charge in [0.15, 0.2) is 5.78 Å². The van der Waals surface area contributed by atoms with Crippen molar-refractivity contribution in [3.63, 3.8) is 0 Å². The summed E-state index contributed by atoms with van der Waals surface area (Å²) in [6, 6.07) is 11.8. The molecule has 3 amide bonds. The van der Waals surface area contributed by atoms with Crippen molar-refractivity contribution in [3.8, 4) is 0 Å². The van der Waals surface area contributed by atoms with Gasteiger partial charge in [0.2, 0.25) is 0 Å². The van der Waals surface area contributed by atoms with Crippen LogP contribution in [-0.2, 0) is 9.59 Å². The van der Waals surface area contributed by atoms with Gasteiger partial charge >= 0.3 is 0 Å². The number of ketones is 1. The first-order valence-corrected chi connectivity index (χ1v) is 11.9. The minimum Gasteiger partial charge on any atom is -0.292 e. The van der Waals surface area contributed by atoms with Gasteiger partial charge in [-0.3, -0.25) is 19.2 Å². The van der Waals surface area contributed by atoms with Gasteiger partial charge in [0.05, 0.1) is 22.4 Å². The number of nitrogens with zero attached hydrogens (tertiary/aromatic N) is 2. The summed E-state index contributed by atoms with van der Waals surface area (Å²) in [4.78, 5) is 54.1. The van der Waals surface area contributed by atoms with Crippen molar-refractivity contribution in [3.05, 3.63) is 69.7 Å². The number of hydrogen-bond acceptors (Lipinski definition) is 4. The zero-order valence-corrected chi connectivity index (χ0v) is 19.7. The molecule has 1 saturated heterocycles. The lowest BCUT2D eigenvalue weighted by Gasteiger charge is -2.36. The zero-order valence-electron chi connectivity index (χ0n) is 18.2. The standard InChI is InChI=1S/C25H24Cl2N2O4/c1-2-21(22(30)15-8-4-3-5-9-15)28(25(33)19-13-12-16(26)14-20(19)27)29-23(31)17-10-6-7-11-18(17)24(29)32/h3-5,8-9,12-14,17-18,21H,2,6-7,10-11H2,1H3/t17-,18-,21-/m1/s1. The molecule has 0 bridgehead atoms. The molecule has 6 nitrogen and oxygen atoms in total. The van der Waals surface area contributed by atoms with Crippen LogP contribution >= 0.6 is 23.2 Å². The molecule has 2 aliphatic rings. The minimum atomic E-state index is -1.06. The molecule has 33 heavy (non-hydrogen) atoms. The molecule has 0 spiro atoms. The predicted molar refractivity (Wildman–Crippen MR) is 125 cm³/mol. The maximum Gasteiger partial charge on any atom is 0.275 e. The van der Waals surface area contributed by atoms with Gasteiger partial charge < -0.3 is 0 Å². The normalized spacial score (nSPS) is 21.0. The lowest BCUT2D eigenvalue weighted by molar-refractivity contribution is -0.156. The molecule has 1 aliphatic carbocycles. The molecule has 0 N–H and O–H groups in total. The van der Waals surface area contributed by atoms with Gasteiger partial charge in [-0.1, -0.05) is 73.3 Å². The zero-order chi connectivity index (χ0) is 23.7. The highest BCUT2D eigenvalue weighted by Gasteiger charge is 2.53. The average Bonchev–Trinajstić information content (AvgIpc) is 3.07. The van der Waals surface area contributed by atoms with E-state index in [2.05, 4.69) is 0 Å². The van der Waals surface area contributed by atoms with Gasteiger partial charge in [-0.2, -0.15) is 5.01 Å². The molecule has 0 radical (unpaired) electrons. The van der Waals surface area contributed by atoms with Crippen LogP contribution in [0.25, 0.3) is 0 Å². The summed E-state index contributed by atoms with van der Waals surface area (Å²) in [6.07, 6.45) is 3.10. The van der Waals surface area contributed by atoms with Crippen LogP contribution in [0.5, 0.6) is 0 Å². The third-order valence-corrected chi connectivity index (χ3v) is 6.99. The Morgan fingerprint density at radius 3 is 2.15 bits per heavy atom. The molecule has 8 heteroatoms. The minimum absolute atomic E-state index is 0.0656. The van der Waals surface area contributed by atoms with E-state index in [0.717, 1.165) is 22.9 Å². The predicted octanol–water partition coefficient (Wildman–Crippen LogP) is 5.19. The van der Waals surface area contributed by atoms with Crippen molar-refractivity contribution >= 4 is 46.7 Å². The van der Waals surface area contributed by atoms with Gasteiger partial charge in [-0.15, -0.1) is 0 Å². The highest BCUT2D eigenvalue weighted by atomic mass is 35.5. The number of halogens is 2. The maximum atomic E-state index is 13.8. The summed E-state index contributed by atoms with van der Waals surface area (Å²) < 4.78 is 0. The Balaban J connectivity index is 1.81. The van der Waals surface area contributed by atoms with E-state index >= 15 is 0 Å². The molecule has 1 heterocycles. The number of amides is 3. The topological polar surface area (TPSA) is 74.8 Å². The molecular weight excluding hydrogens is 463 g/mol. The van der Waals surface area contributed by atoms with E-state index in [1.165, 1.54) is 18.2 Å². The van der Waals surface area contributed by atoms with Crippen LogP contribution in [-0.4, -0.2) is 39.6 Å². The largest absolute Gasteiger partial charge is 0.292 e. The number of hydrogen-bond donors (Lipinski definition) is 0. The van der Waals surface area contributed by atoms with E-state index in [9.17, 15) is 19.2 Å². The highest BCUT2D eigenvalue weighted by Crippen LogP contribution is 2.40. The van der Waals surface area contributed by atoms with E-state index in [4.69, 9.17) is 23.2 Å². The van der Waals surface area contributed by atoms with Crippen molar-refractivity contribution in [2.45, 2.75) is 45.1 Å². The molecule has 2 fully saturated rings. The van der Waals surface area contributed by atoms with E-state index < -0.39 is 35.6 Å². The van der Waals surface area contributed by atoms with Crippen LogP contribution in [0, 0.1) is 11.8 Å². The molecule has 2 aromatic rings. The Kier molecular flexibility index (Phi) is 6.86. The summed E-state index contributed by atoms with van der Waals surface area (Å²) in [5.41, 5.74) is 0.455. The molecule has 0 aromatic heterocycles. The van der Waals surface area contributed by atoms with Gasteiger partial charge in [0.1, 0.15) is 6.04 Å². The van der Waals surface area contributed by atoms with Crippen molar-refractivity contribution in [2.75, 3.05) is 0 Å². The van der Waals surface area contributed by atoms with E-state index in [1.807, 2.05) is 0 Å². The van der Waals surface area contributed by atoms with Crippen LogP contribution in [0.3, 0.4) is 0 Å². The first-order chi connectivity index (χ1) is 15.8. The number of fused-ring (bicyclic) bond motifs is 1.